The number of esters is 1. The maximum absolute atomic E-state index is 12.2. The predicted molar refractivity (Wildman–Crippen MR) is 93.9 cm³/mol. The number of allylic oxidation sites excluding steroid dienone is 1. The van der Waals surface area contributed by atoms with Crippen LogP contribution in [-0.2, 0) is 14.3 Å². The SMILES string of the molecule is CCOC(=O)/C(=C/CC1CC1)c1csc(NC(=O)OC(C)(C)C)n1. The van der Waals surface area contributed by atoms with Crippen molar-refractivity contribution in [3.63, 3.8) is 0 Å². The number of rotatable bonds is 6. The Balaban J connectivity index is 2.07. The highest BCUT2D eigenvalue weighted by atomic mass is 32.1. The van der Waals surface area contributed by atoms with Crippen molar-refractivity contribution in [2.75, 3.05) is 11.9 Å². The van der Waals surface area contributed by atoms with Gasteiger partial charge in [0.15, 0.2) is 5.13 Å². The molecule has 0 aliphatic heterocycles. The second kappa shape index (κ2) is 7.79. The molecule has 1 heterocycles. The number of carbonyl (C=O) groups is 2. The van der Waals surface area contributed by atoms with Gasteiger partial charge in [0, 0.05) is 5.38 Å². The summed E-state index contributed by atoms with van der Waals surface area (Å²) < 4.78 is 10.3. The number of hydrogen-bond acceptors (Lipinski definition) is 6. The van der Waals surface area contributed by atoms with Crippen molar-refractivity contribution in [2.24, 2.45) is 5.92 Å². The van der Waals surface area contributed by atoms with Crippen LogP contribution in [0.25, 0.3) is 5.57 Å². The summed E-state index contributed by atoms with van der Waals surface area (Å²) in [4.78, 5) is 28.3. The number of amides is 1. The zero-order chi connectivity index (χ0) is 17.7. The summed E-state index contributed by atoms with van der Waals surface area (Å²) in [7, 11) is 0. The van der Waals surface area contributed by atoms with Gasteiger partial charge in [-0.25, -0.2) is 14.6 Å². The van der Waals surface area contributed by atoms with Crippen LogP contribution in [0.15, 0.2) is 11.5 Å². The van der Waals surface area contributed by atoms with Crippen molar-refractivity contribution in [3.05, 3.63) is 17.2 Å². The molecule has 1 fully saturated rings. The molecule has 0 saturated heterocycles. The number of nitrogens with zero attached hydrogens (tertiary/aromatic N) is 1. The third-order valence-electron chi connectivity index (χ3n) is 3.24. The third-order valence-corrected chi connectivity index (χ3v) is 3.99. The zero-order valence-electron chi connectivity index (χ0n) is 14.5. The monoisotopic (exact) mass is 352 g/mol. The molecule has 0 radical (unpaired) electrons. The van der Waals surface area contributed by atoms with Crippen molar-refractivity contribution in [1.29, 1.82) is 0 Å². The molecule has 132 valence electrons. The Bertz CT molecular complexity index is 627. The maximum atomic E-state index is 12.2. The fourth-order valence-electron chi connectivity index (χ4n) is 1.99. The van der Waals surface area contributed by atoms with Gasteiger partial charge < -0.3 is 9.47 Å². The largest absolute Gasteiger partial charge is 0.462 e. The van der Waals surface area contributed by atoms with E-state index in [1.54, 1.807) is 33.1 Å². The second-order valence-corrected chi connectivity index (χ2v) is 7.54. The van der Waals surface area contributed by atoms with Crippen LogP contribution in [0.2, 0.25) is 0 Å². The molecule has 1 amide bonds. The average Bonchev–Trinajstić information content (AvgIpc) is 3.17. The van der Waals surface area contributed by atoms with E-state index in [1.165, 1.54) is 24.2 Å². The lowest BCUT2D eigenvalue weighted by molar-refractivity contribution is -0.136. The number of anilines is 1. The van der Waals surface area contributed by atoms with Gasteiger partial charge in [0.2, 0.25) is 0 Å². The Labute approximate surface area is 146 Å². The molecule has 1 aromatic heterocycles. The van der Waals surface area contributed by atoms with Crippen LogP contribution in [0.4, 0.5) is 9.93 Å². The summed E-state index contributed by atoms with van der Waals surface area (Å²) in [5, 5.41) is 4.72. The number of aromatic nitrogens is 1. The van der Waals surface area contributed by atoms with Gasteiger partial charge in [-0.15, -0.1) is 11.3 Å². The number of carbonyl (C=O) groups excluding carboxylic acids is 2. The van der Waals surface area contributed by atoms with Gasteiger partial charge in [0.05, 0.1) is 17.9 Å². The summed E-state index contributed by atoms with van der Waals surface area (Å²) in [6.07, 6.45) is 4.58. The van der Waals surface area contributed by atoms with Crippen LogP contribution in [-0.4, -0.2) is 29.3 Å². The lowest BCUT2D eigenvalue weighted by Crippen LogP contribution is -2.27. The van der Waals surface area contributed by atoms with Crippen molar-refractivity contribution in [2.45, 2.75) is 52.6 Å². The van der Waals surface area contributed by atoms with Gasteiger partial charge in [-0.2, -0.15) is 0 Å². The predicted octanol–water partition coefficient (Wildman–Crippen LogP) is 4.24. The Kier molecular flexibility index (Phi) is 5.99. The third kappa shape index (κ3) is 5.96. The van der Waals surface area contributed by atoms with E-state index in [2.05, 4.69) is 10.3 Å². The van der Waals surface area contributed by atoms with E-state index < -0.39 is 11.7 Å². The molecule has 0 unspecified atom stereocenters. The minimum Gasteiger partial charge on any atom is -0.462 e. The minimum atomic E-state index is -0.579. The standard InChI is InChI=1S/C17H24N2O4S/c1-5-22-14(20)12(9-8-11-6-7-11)13-10-24-15(18-13)19-16(21)23-17(2,3)4/h9-11H,5-8H2,1-4H3,(H,18,19,21)/b12-9+. The number of nitrogens with one attached hydrogen (secondary N) is 1. The lowest BCUT2D eigenvalue weighted by Gasteiger charge is -2.18. The highest BCUT2D eigenvalue weighted by Crippen LogP contribution is 2.34. The van der Waals surface area contributed by atoms with E-state index in [9.17, 15) is 9.59 Å². The lowest BCUT2D eigenvalue weighted by atomic mass is 10.1. The summed E-state index contributed by atoms with van der Waals surface area (Å²) >= 11 is 1.25. The Morgan fingerprint density at radius 2 is 2.12 bits per heavy atom. The van der Waals surface area contributed by atoms with Gasteiger partial charge in [-0.1, -0.05) is 6.08 Å². The molecule has 0 atom stereocenters. The molecule has 7 heteroatoms. The normalized spacial score (nSPS) is 15.1. The molecule has 1 N–H and O–H groups in total. The van der Waals surface area contributed by atoms with E-state index in [0.717, 1.165) is 6.42 Å². The van der Waals surface area contributed by atoms with Crippen LogP contribution in [0.1, 0.15) is 52.7 Å². The summed E-state index contributed by atoms with van der Waals surface area (Å²) in [5.41, 5.74) is 0.396. The molecule has 0 aromatic carbocycles. The van der Waals surface area contributed by atoms with Crippen LogP contribution in [0.5, 0.6) is 0 Å². The quantitative estimate of drug-likeness (QED) is 0.612. The molecule has 0 spiro atoms. The topological polar surface area (TPSA) is 77.5 Å². The molecule has 2 rings (SSSR count). The fraction of sp³-hybridized carbons (Fsp3) is 0.588. The van der Waals surface area contributed by atoms with Crippen LogP contribution in [0.3, 0.4) is 0 Å². The van der Waals surface area contributed by atoms with Crippen molar-refractivity contribution < 1.29 is 19.1 Å². The van der Waals surface area contributed by atoms with Crippen LogP contribution >= 0.6 is 11.3 Å². The first-order valence-corrected chi connectivity index (χ1v) is 8.99. The van der Waals surface area contributed by atoms with Crippen molar-refractivity contribution in [3.8, 4) is 0 Å². The molecule has 6 nitrogen and oxygen atoms in total. The first-order chi connectivity index (χ1) is 11.3. The smallest absolute Gasteiger partial charge is 0.413 e. The Morgan fingerprint density at radius 3 is 2.71 bits per heavy atom. The van der Waals surface area contributed by atoms with Gasteiger partial charge in [0.1, 0.15) is 5.60 Å². The number of ether oxygens (including phenoxy) is 2. The number of thiazole rings is 1. The highest BCUT2D eigenvalue weighted by Gasteiger charge is 2.23. The maximum Gasteiger partial charge on any atom is 0.413 e. The van der Waals surface area contributed by atoms with Crippen LogP contribution < -0.4 is 5.32 Å². The van der Waals surface area contributed by atoms with E-state index in [4.69, 9.17) is 9.47 Å². The first-order valence-electron chi connectivity index (χ1n) is 8.11. The Hall–Kier alpha value is -1.89. The van der Waals surface area contributed by atoms with E-state index in [1.807, 2.05) is 6.08 Å². The molecule has 24 heavy (non-hydrogen) atoms. The molecule has 1 aromatic rings. The first kappa shape index (κ1) is 18.4. The molecular weight excluding hydrogens is 328 g/mol. The van der Waals surface area contributed by atoms with E-state index in [-0.39, 0.29) is 5.97 Å². The summed E-state index contributed by atoms with van der Waals surface area (Å²) in [6, 6.07) is 0. The van der Waals surface area contributed by atoms with Crippen molar-refractivity contribution >= 4 is 34.1 Å². The van der Waals surface area contributed by atoms with Gasteiger partial charge >= 0.3 is 12.1 Å². The number of hydrogen-bond donors (Lipinski definition) is 1. The van der Waals surface area contributed by atoms with Gasteiger partial charge in [-0.3, -0.25) is 5.32 Å². The second-order valence-electron chi connectivity index (χ2n) is 6.68. The van der Waals surface area contributed by atoms with E-state index >= 15 is 0 Å². The average molecular weight is 352 g/mol. The molecule has 0 bridgehead atoms. The van der Waals surface area contributed by atoms with Crippen LogP contribution in [0, 0.1) is 5.92 Å². The van der Waals surface area contributed by atoms with E-state index in [0.29, 0.717) is 28.9 Å². The van der Waals surface area contributed by atoms with Crippen molar-refractivity contribution in [1.82, 2.24) is 4.98 Å². The summed E-state index contributed by atoms with van der Waals surface area (Å²) in [6.45, 7) is 7.46. The zero-order valence-corrected chi connectivity index (χ0v) is 15.4. The molecular formula is C17H24N2O4S. The van der Waals surface area contributed by atoms with Gasteiger partial charge in [-0.05, 0) is 52.9 Å². The molecule has 1 aliphatic rings. The summed E-state index contributed by atoms with van der Waals surface area (Å²) in [5.74, 6) is 0.277. The van der Waals surface area contributed by atoms with Gasteiger partial charge in [0.25, 0.3) is 0 Å². The molecule has 1 saturated carbocycles. The minimum absolute atomic E-state index is 0.312. The molecule has 1 aliphatic carbocycles. The highest BCUT2D eigenvalue weighted by molar-refractivity contribution is 7.14. The Morgan fingerprint density at radius 1 is 1.42 bits per heavy atom. The fourth-order valence-corrected chi connectivity index (χ4v) is 2.68.